The van der Waals surface area contributed by atoms with Crippen LogP contribution in [0.4, 0.5) is 0 Å². The van der Waals surface area contributed by atoms with Gasteiger partial charge in [-0.3, -0.25) is 0 Å². The lowest BCUT2D eigenvalue weighted by Crippen LogP contribution is -2.46. The quantitative estimate of drug-likeness (QED) is 0.721. The maximum absolute atomic E-state index is 3.84. The Hall–Kier alpha value is -0.0800. The number of nitrogens with zero attached hydrogens (tertiary/aromatic N) is 1. The first-order chi connectivity index (χ1) is 9.29. The highest BCUT2D eigenvalue weighted by molar-refractivity contribution is 4.83. The number of hydrogen-bond donors (Lipinski definition) is 1. The normalized spacial score (nSPS) is 23.5. The third kappa shape index (κ3) is 5.07. The second-order valence-electron chi connectivity index (χ2n) is 6.98. The molecule has 2 rings (SSSR count). The molecule has 2 aliphatic rings. The van der Waals surface area contributed by atoms with Crippen molar-refractivity contribution < 1.29 is 0 Å². The van der Waals surface area contributed by atoms with Crippen LogP contribution in [-0.2, 0) is 0 Å². The van der Waals surface area contributed by atoms with E-state index in [1.807, 2.05) is 0 Å². The van der Waals surface area contributed by atoms with Crippen LogP contribution in [0.15, 0.2) is 0 Å². The van der Waals surface area contributed by atoms with Gasteiger partial charge in [0.15, 0.2) is 0 Å². The van der Waals surface area contributed by atoms with Crippen molar-refractivity contribution in [2.75, 3.05) is 26.7 Å². The summed E-state index contributed by atoms with van der Waals surface area (Å²) in [6.07, 6.45) is 13.0. The Balaban J connectivity index is 1.77. The molecule has 1 atom stereocenters. The smallest absolute Gasteiger partial charge is 0.0223 e. The monoisotopic (exact) mass is 266 g/mol. The van der Waals surface area contributed by atoms with E-state index in [0.717, 1.165) is 17.9 Å². The van der Waals surface area contributed by atoms with Crippen LogP contribution in [0.5, 0.6) is 0 Å². The molecule has 0 radical (unpaired) electrons. The lowest BCUT2D eigenvalue weighted by atomic mass is 9.82. The minimum absolute atomic E-state index is 0.741. The molecule has 0 aromatic rings. The minimum atomic E-state index is 0.741. The van der Waals surface area contributed by atoms with Gasteiger partial charge in [-0.2, -0.15) is 0 Å². The van der Waals surface area contributed by atoms with Gasteiger partial charge in [-0.15, -0.1) is 0 Å². The molecule has 19 heavy (non-hydrogen) atoms. The molecule has 0 aromatic carbocycles. The number of likely N-dealkylation sites (N-methyl/N-ethyl adjacent to an activating group) is 1. The summed E-state index contributed by atoms with van der Waals surface area (Å²) in [5.74, 6) is 1.94. The molecule has 2 fully saturated rings. The Bertz CT molecular complexity index is 231. The summed E-state index contributed by atoms with van der Waals surface area (Å²) < 4.78 is 0. The van der Waals surface area contributed by atoms with Gasteiger partial charge in [0, 0.05) is 19.1 Å². The minimum Gasteiger partial charge on any atom is -0.312 e. The van der Waals surface area contributed by atoms with Gasteiger partial charge in [0.2, 0.25) is 0 Å². The standard InChI is InChI=1S/C17H34N2/c1-3-12-18-17(16-10-5-4-6-11-16)14-19(2)13-15-8-7-9-15/h15-18H,3-14H2,1-2H3. The lowest BCUT2D eigenvalue weighted by Gasteiger charge is -2.36. The Morgan fingerprint density at radius 1 is 1.05 bits per heavy atom. The van der Waals surface area contributed by atoms with Crippen molar-refractivity contribution in [3.63, 3.8) is 0 Å². The van der Waals surface area contributed by atoms with Crippen molar-refractivity contribution in [3.05, 3.63) is 0 Å². The summed E-state index contributed by atoms with van der Waals surface area (Å²) >= 11 is 0. The first-order valence-corrected chi connectivity index (χ1v) is 8.71. The third-order valence-corrected chi connectivity index (χ3v) is 5.18. The molecule has 112 valence electrons. The van der Waals surface area contributed by atoms with Crippen LogP contribution in [0, 0.1) is 11.8 Å². The van der Waals surface area contributed by atoms with Crippen molar-refractivity contribution >= 4 is 0 Å². The van der Waals surface area contributed by atoms with Gasteiger partial charge >= 0.3 is 0 Å². The van der Waals surface area contributed by atoms with Crippen molar-refractivity contribution in [3.8, 4) is 0 Å². The molecular formula is C17H34N2. The predicted octanol–water partition coefficient (Wildman–Crippen LogP) is 3.67. The average Bonchev–Trinajstić information content (AvgIpc) is 2.40. The Morgan fingerprint density at radius 3 is 2.37 bits per heavy atom. The van der Waals surface area contributed by atoms with Crippen molar-refractivity contribution in [1.82, 2.24) is 10.2 Å². The average molecular weight is 266 g/mol. The van der Waals surface area contributed by atoms with Gasteiger partial charge in [-0.05, 0) is 57.5 Å². The van der Waals surface area contributed by atoms with Crippen LogP contribution >= 0.6 is 0 Å². The zero-order valence-electron chi connectivity index (χ0n) is 13.2. The summed E-state index contributed by atoms with van der Waals surface area (Å²) in [4.78, 5) is 2.60. The fourth-order valence-electron chi connectivity index (χ4n) is 3.77. The van der Waals surface area contributed by atoms with Gasteiger partial charge in [0.05, 0.1) is 0 Å². The van der Waals surface area contributed by atoms with Crippen molar-refractivity contribution in [1.29, 1.82) is 0 Å². The molecule has 2 nitrogen and oxygen atoms in total. The molecule has 0 aliphatic heterocycles. The topological polar surface area (TPSA) is 15.3 Å². The zero-order valence-corrected chi connectivity index (χ0v) is 13.2. The first kappa shape index (κ1) is 15.3. The van der Waals surface area contributed by atoms with Crippen molar-refractivity contribution in [2.24, 2.45) is 11.8 Å². The lowest BCUT2D eigenvalue weighted by molar-refractivity contribution is 0.162. The summed E-state index contributed by atoms with van der Waals surface area (Å²) in [7, 11) is 2.34. The molecule has 0 aromatic heterocycles. The molecule has 0 amide bonds. The van der Waals surface area contributed by atoms with Gasteiger partial charge in [0.1, 0.15) is 0 Å². The molecule has 1 unspecified atom stereocenters. The van der Waals surface area contributed by atoms with E-state index < -0.39 is 0 Å². The highest BCUT2D eigenvalue weighted by atomic mass is 15.1. The maximum Gasteiger partial charge on any atom is 0.0223 e. The largest absolute Gasteiger partial charge is 0.312 e. The summed E-state index contributed by atoms with van der Waals surface area (Å²) in [5, 5.41) is 3.84. The van der Waals surface area contributed by atoms with E-state index in [4.69, 9.17) is 0 Å². The molecule has 0 spiro atoms. The predicted molar refractivity (Wildman–Crippen MR) is 83.5 cm³/mol. The highest BCUT2D eigenvalue weighted by Crippen LogP contribution is 2.29. The number of nitrogens with one attached hydrogen (secondary N) is 1. The van der Waals surface area contributed by atoms with Crippen LogP contribution in [0.2, 0.25) is 0 Å². The van der Waals surface area contributed by atoms with Gasteiger partial charge in [-0.25, -0.2) is 0 Å². The molecule has 0 bridgehead atoms. The Kier molecular flexibility index (Phi) is 6.66. The number of hydrogen-bond acceptors (Lipinski definition) is 2. The summed E-state index contributed by atoms with van der Waals surface area (Å²) in [6.45, 7) is 6.07. The van der Waals surface area contributed by atoms with E-state index in [9.17, 15) is 0 Å². The van der Waals surface area contributed by atoms with E-state index in [2.05, 4.69) is 24.2 Å². The van der Waals surface area contributed by atoms with E-state index in [-0.39, 0.29) is 0 Å². The van der Waals surface area contributed by atoms with Crippen LogP contribution in [0.25, 0.3) is 0 Å². The second-order valence-corrected chi connectivity index (χ2v) is 6.98. The van der Waals surface area contributed by atoms with E-state index in [1.54, 1.807) is 0 Å². The molecule has 2 heteroatoms. The van der Waals surface area contributed by atoms with Crippen LogP contribution < -0.4 is 5.32 Å². The zero-order chi connectivity index (χ0) is 13.5. The fraction of sp³-hybridized carbons (Fsp3) is 1.00. The molecule has 0 heterocycles. The van der Waals surface area contributed by atoms with Gasteiger partial charge in [-0.1, -0.05) is 32.6 Å². The summed E-state index contributed by atoms with van der Waals surface area (Å²) in [6, 6.07) is 0.741. The summed E-state index contributed by atoms with van der Waals surface area (Å²) in [5.41, 5.74) is 0. The molecule has 2 aliphatic carbocycles. The Morgan fingerprint density at radius 2 is 1.79 bits per heavy atom. The second kappa shape index (κ2) is 8.26. The molecular weight excluding hydrogens is 232 g/mol. The van der Waals surface area contributed by atoms with Crippen molar-refractivity contribution in [2.45, 2.75) is 70.8 Å². The highest BCUT2D eigenvalue weighted by Gasteiger charge is 2.26. The molecule has 0 saturated heterocycles. The molecule has 2 saturated carbocycles. The fourth-order valence-corrected chi connectivity index (χ4v) is 3.77. The van der Waals surface area contributed by atoms with Gasteiger partial charge < -0.3 is 10.2 Å². The van der Waals surface area contributed by atoms with Crippen LogP contribution in [0.1, 0.15) is 64.7 Å². The van der Waals surface area contributed by atoms with E-state index in [1.165, 1.54) is 77.4 Å². The maximum atomic E-state index is 3.84. The van der Waals surface area contributed by atoms with E-state index in [0.29, 0.717) is 0 Å². The van der Waals surface area contributed by atoms with E-state index >= 15 is 0 Å². The Labute approximate surface area is 120 Å². The molecule has 1 N–H and O–H groups in total. The number of rotatable bonds is 8. The first-order valence-electron chi connectivity index (χ1n) is 8.71. The third-order valence-electron chi connectivity index (χ3n) is 5.18. The van der Waals surface area contributed by atoms with Crippen LogP contribution in [0.3, 0.4) is 0 Å². The SMILES string of the molecule is CCCNC(CN(C)CC1CCC1)C1CCCCC1. The van der Waals surface area contributed by atoms with Crippen LogP contribution in [-0.4, -0.2) is 37.6 Å². The van der Waals surface area contributed by atoms with Gasteiger partial charge in [0.25, 0.3) is 0 Å².